The zero-order chi connectivity index (χ0) is 16.5. The molecule has 3 nitrogen and oxygen atoms in total. The van der Waals surface area contributed by atoms with Crippen LogP contribution in [-0.2, 0) is 9.53 Å². The van der Waals surface area contributed by atoms with Crippen LogP contribution in [0.3, 0.4) is 0 Å². The number of hydrogen-bond acceptors (Lipinski definition) is 3. The number of carbonyl (C=O) groups is 1. The summed E-state index contributed by atoms with van der Waals surface area (Å²) in [6.45, 7) is 2.13. The van der Waals surface area contributed by atoms with Gasteiger partial charge in [0.05, 0.1) is 13.2 Å². The molecule has 0 spiro atoms. The Balaban J connectivity index is 2.27. The molecule has 0 aliphatic heterocycles. The molecule has 23 heavy (non-hydrogen) atoms. The van der Waals surface area contributed by atoms with Crippen molar-refractivity contribution in [3.05, 3.63) is 71.8 Å². The van der Waals surface area contributed by atoms with Gasteiger partial charge in [-0.2, -0.15) is 0 Å². The Hall–Kier alpha value is -2.13. The third kappa shape index (κ3) is 4.93. The molecule has 0 heterocycles. The quantitative estimate of drug-likeness (QED) is 0.746. The van der Waals surface area contributed by atoms with Crippen LogP contribution in [0.1, 0.15) is 43.4 Å². The lowest BCUT2D eigenvalue weighted by atomic mass is 9.97. The normalized spacial score (nSPS) is 12.1. The van der Waals surface area contributed by atoms with Gasteiger partial charge in [0.2, 0.25) is 0 Å². The second-order valence-corrected chi connectivity index (χ2v) is 5.64. The van der Waals surface area contributed by atoms with E-state index in [0.29, 0.717) is 0 Å². The number of nitrogens with one attached hydrogen (secondary N) is 1. The van der Waals surface area contributed by atoms with Crippen molar-refractivity contribution in [2.75, 3.05) is 7.11 Å². The number of rotatable bonds is 8. The highest BCUT2D eigenvalue weighted by Crippen LogP contribution is 2.23. The van der Waals surface area contributed by atoms with Gasteiger partial charge in [-0.05, 0) is 17.5 Å². The Kier molecular flexibility index (Phi) is 6.82. The van der Waals surface area contributed by atoms with Crippen molar-refractivity contribution in [3.63, 3.8) is 0 Å². The van der Waals surface area contributed by atoms with E-state index >= 15 is 0 Å². The van der Waals surface area contributed by atoms with Crippen LogP contribution in [0.5, 0.6) is 0 Å². The molecule has 2 rings (SSSR count). The van der Waals surface area contributed by atoms with Crippen molar-refractivity contribution in [2.45, 2.75) is 38.3 Å². The van der Waals surface area contributed by atoms with Crippen LogP contribution in [0.15, 0.2) is 60.7 Å². The number of hydrogen-bond donors (Lipinski definition) is 1. The molecular weight excluding hydrogens is 286 g/mol. The number of benzene rings is 2. The molecule has 0 aliphatic carbocycles. The maximum absolute atomic E-state index is 12.1. The number of methoxy groups -OCH3 is 1. The van der Waals surface area contributed by atoms with Crippen molar-refractivity contribution in [2.24, 2.45) is 0 Å². The van der Waals surface area contributed by atoms with Crippen molar-refractivity contribution in [3.8, 4) is 0 Å². The van der Waals surface area contributed by atoms with Crippen LogP contribution in [0.2, 0.25) is 0 Å². The van der Waals surface area contributed by atoms with E-state index in [1.807, 2.05) is 36.4 Å². The number of unbranched alkanes of at least 4 members (excludes halogenated alkanes) is 1. The van der Waals surface area contributed by atoms with Crippen molar-refractivity contribution < 1.29 is 9.53 Å². The Morgan fingerprint density at radius 2 is 1.52 bits per heavy atom. The van der Waals surface area contributed by atoms with Gasteiger partial charge in [-0.15, -0.1) is 0 Å². The SMILES string of the molecule is CCCCC(NC(c1ccccc1)c1ccccc1)C(=O)OC. The van der Waals surface area contributed by atoms with Crippen LogP contribution >= 0.6 is 0 Å². The molecular formula is C20H25NO2. The molecule has 0 saturated carbocycles. The maximum atomic E-state index is 12.1. The van der Waals surface area contributed by atoms with Crippen molar-refractivity contribution in [1.29, 1.82) is 0 Å². The fourth-order valence-corrected chi connectivity index (χ4v) is 2.70. The summed E-state index contributed by atoms with van der Waals surface area (Å²) in [4.78, 5) is 12.1. The second-order valence-electron chi connectivity index (χ2n) is 5.64. The maximum Gasteiger partial charge on any atom is 0.322 e. The minimum absolute atomic E-state index is 0.0293. The second kappa shape index (κ2) is 9.11. The molecule has 3 heteroatoms. The largest absolute Gasteiger partial charge is 0.468 e. The van der Waals surface area contributed by atoms with Crippen molar-refractivity contribution in [1.82, 2.24) is 5.32 Å². The Labute approximate surface area is 138 Å². The molecule has 0 saturated heterocycles. The lowest BCUT2D eigenvalue weighted by molar-refractivity contribution is -0.143. The molecule has 1 unspecified atom stereocenters. The first-order chi connectivity index (χ1) is 11.3. The van der Waals surface area contributed by atoms with Gasteiger partial charge in [0, 0.05) is 0 Å². The third-order valence-corrected chi connectivity index (χ3v) is 3.97. The van der Waals surface area contributed by atoms with E-state index < -0.39 is 0 Å². The van der Waals surface area contributed by atoms with Crippen molar-refractivity contribution >= 4 is 5.97 Å². The Morgan fingerprint density at radius 1 is 1.00 bits per heavy atom. The van der Waals surface area contributed by atoms with Crippen LogP contribution in [0.4, 0.5) is 0 Å². The van der Waals surface area contributed by atoms with E-state index in [-0.39, 0.29) is 18.1 Å². The fraction of sp³-hybridized carbons (Fsp3) is 0.350. The van der Waals surface area contributed by atoms with Gasteiger partial charge in [-0.3, -0.25) is 10.1 Å². The zero-order valence-electron chi connectivity index (χ0n) is 13.9. The first kappa shape index (κ1) is 17.2. The average molecular weight is 311 g/mol. The smallest absolute Gasteiger partial charge is 0.322 e. The Bertz CT molecular complexity index is 544. The molecule has 2 aromatic carbocycles. The highest BCUT2D eigenvalue weighted by molar-refractivity contribution is 5.75. The summed E-state index contributed by atoms with van der Waals surface area (Å²) in [6.07, 6.45) is 2.82. The summed E-state index contributed by atoms with van der Waals surface area (Å²) in [6, 6.07) is 20.1. The summed E-state index contributed by atoms with van der Waals surface area (Å²) in [5, 5.41) is 3.50. The van der Waals surface area contributed by atoms with Crippen LogP contribution in [0, 0.1) is 0 Å². The molecule has 122 valence electrons. The summed E-state index contributed by atoms with van der Waals surface area (Å²) in [5.74, 6) is -0.199. The molecule has 1 N–H and O–H groups in total. The van der Waals surface area contributed by atoms with Gasteiger partial charge >= 0.3 is 5.97 Å². The van der Waals surface area contributed by atoms with Gasteiger partial charge < -0.3 is 4.74 Å². The van der Waals surface area contributed by atoms with E-state index in [1.54, 1.807) is 0 Å². The minimum Gasteiger partial charge on any atom is -0.468 e. The van der Waals surface area contributed by atoms with E-state index in [4.69, 9.17) is 4.74 Å². The first-order valence-electron chi connectivity index (χ1n) is 8.20. The standard InChI is InChI=1S/C20H25NO2/c1-3-4-15-18(20(22)23-2)21-19(16-11-7-5-8-12-16)17-13-9-6-10-14-17/h5-14,18-19,21H,3-4,15H2,1-2H3. The number of carbonyl (C=O) groups excluding carboxylic acids is 1. The molecule has 0 amide bonds. The number of esters is 1. The van der Waals surface area contributed by atoms with Gasteiger partial charge in [0.1, 0.15) is 6.04 Å². The van der Waals surface area contributed by atoms with Gasteiger partial charge in [0.15, 0.2) is 0 Å². The Morgan fingerprint density at radius 3 is 1.96 bits per heavy atom. The lowest BCUT2D eigenvalue weighted by Gasteiger charge is -2.25. The summed E-state index contributed by atoms with van der Waals surface area (Å²) in [5.41, 5.74) is 2.29. The lowest BCUT2D eigenvalue weighted by Crippen LogP contribution is -2.40. The molecule has 0 aliphatic rings. The number of ether oxygens (including phenoxy) is 1. The fourth-order valence-electron chi connectivity index (χ4n) is 2.70. The molecule has 1 atom stereocenters. The van der Waals surface area contributed by atoms with E-state index in [9.17, 15) is 4.79 Å². The highest BCUT2D eigenvalue weighted by Gasteiger charge is 2.24. The molecule has 0 aromatic heterocycles. The van der Waals surface area contributed by atoms with Crippen LogP contribution in [-0.4, -0.2) is 19.1 Å². The molecule has 0 radical (unpaired) electrons. The molecule has 0 fully saturated rings. The van der Waals surface area contributed by atoms with Crippen LogP contribution < -0.4 is 5.32 Å². The predicted octanol–water partition coefficient (Wildman–Crippen LogP) is 4.10. The monoisotopic (exact) mass is 311 g/mol. The summed E-state index contributed by atoms with van der Waals surface area (Å²) in [7, 11) is 1.45. The first-order valence-corrected chi connectivity index (χ1v) is 8.20. The average Bonchev–Trinajstić information content (AvgIpc) is 2.63. The molecule has 0 bridgehead atoms. The molecule has 2 aromatic rings. The summed E-state index contributed by atoms with van der Waals surface area (Å²) >= 11 is 0. The highest BCUT2D eigenvalue weighted by atomic mass is 16.5. The third-order valence-electron chi connectivity index (χ3n) is 3.97. The van der Waals surface area contributed by atoms with Crippen LogP contribution in [0.25, 0.3) is 0 Å². The van der Waals surface area contributed by atoms with Gasteiger partial charge in [-0.25, -0.2) is 0 Å². The van der Waals surface area contributed by atoms with Gasteiger partial charge in [-0.1, -0.05) is 80.4 Å². The topological polar surface area (TPSA) is 38.3 Å². The summed E-state index contributed by atoms with van der Waals surface area (Å²) < 4.78 is 4.98. The minimum atomic E-state index is -0.301. The zero-order valence-corrected chi connectivity index (χ0v) is 13.9. The van der Waals surface area contributed by atoms with E-state index in [1.165, 1.54) is 7.11 Å². The predicted molar refractivity (Wildman–Crippen MR) is 93.2 cm³/mol. The van der Waals surface area contributed by atoms with Gasteiger partial charge in [0.25, 0.3) is 0 Å². The van der Waals surface area contributed by atoms with E-state index in [0.717, 1.165) is 30.4 Å². The van der Waals surface area contributed by atoms with E-state index in [2.05, 4.69) is 36.5 Å².